The number of nitrogens with one attached hydrogen (secondary N) is 2. The monoisotopic (exact) mass is 269 g/mol. The molecule has 0 aliphatic carbocycles. The molecule has 2 aromatic heterocycles. The highest BCUT2D eigenvalue weighted by Crippen LogP contribution is 2.20. The van der Waals surface area contributed by atoms with Crippen molar-refractivity contribution in [1.82, 2.24) is 15.3 Å². The van der Waals surface area contributed by atoms with E-state index >= 15 is 0 Å². The van der Waals surface area contributed by atoms with Crippen molar-refractivity contribution in [3.8, 4) is 0 Å². The number of carbonyl (C=O) groups is 1. The Morgan fingerprint density at radius 2 is 2.25 bits per heavy atom. The normalized spacial score (nSPS) is 10.8. The lowest BCUT2D eigenvalue weighted by molar-refractivity contribution is 0.0954. The summed E-state index contributed by atoms with van der Waals surface area (Å²) in [5.41, 5.74) is 1.31. The first-order chi connectivity index (χ1) is 9.84. The van der Waals surface area contributed by atoms with Crippen LogP contribution in [0.2, 0.25) is 0 Å². The van der Waals surface area contributed by atoms with E-state index in [0.29, 0.717) is 12.1 Å². The lowest BCUT2D eigenvalue weighted by Gasteiger charge is -2.02. The minimum absolute atomic E-state index is 0.102. The zero-order valence-corrected chi connectivity index (χ0v) is 10.9. The fourth-order valence-electron chi connectivity index (χ4n) is 2.14. The standard InChI is InChI=1S/C15H15N3O2/c19-15(18-7-3-6-14-16-8-9-17-14)12-10-20-13-5-2-1-4-11(12)13/h1-2,4-5,8-10H,3,6-7H2,(H,16,17)(H,18,19). The van der Waals surface area contributed by atoms with Crippen molar-refractivity contribution in [3.63, 3.8) is 0 Å². The van der Waals surface area contributed by atoms with E-state index in [1.807, 2.05) is 24.3 Å². The molecular formula is C15H15N3O2. The van der Waals surface area contributed by atoms with Crippen LogP contribution in [0.25, 0.3) is 11.0 Å². The first-order valence-electron chi connectivity index (χ1n) is 6.57. The Balaban J connectivity index is 1.56. The smallest absolute Gasteiger partial charge is 0.255 e. The summed E-state index contributed by atoms with van der Waals surface area (Å²) in [7, 11) is 0. The van der Waals surface area contributed by atoms with Crippen molar-refractivity contribution in [2.45, 2.75) is 12.8 Å². The van der Waals surface area contributed by atoms with Crippen LogP contribution in [0.4, 0.5) is 0 Å². The molecule has 0 spiro atoms. The lowest BCUT2D eigenvalue weighted by Crippen LogP contribution is -2.24. The second-order valence-electron chi connectivity index (χ2n) is 4.54. The van der Waals surface area contributed by atoms with Crippen molar-refractivity contribution in [2.75, 3.05) is 6.54 Å². The molecule has 0 atom stereocenters. The number of carbonyl (C=O) groups excluding carboxylic acids is 1. The zero-order chi connectivity index (χ0) is 13.8. The quantitative estimate of drug-likeness (QED) is 0.699. The Labute approximate surface area is 116 Å². The molecule has 3 aromatic rings. The van der Waals surface area contributed by atoms with Crippen molar-refractivity contribution >= 4 is 16.9 Å². The number of benzene rings is 1. The molecule has 0 saturated heterocycles. The maximum Gasteiger partial charge on any atom is 0.255 e. The average Bonchev–Trinajstić information content (AvgIpc) is 3.12. The molecule has 0 bridgehead atoms. The minimum Gasteiger partial charge on any atom is -0.463 e. The minimum atomic E-state index is -0.102. The number of hydrogen-bond acceptors (Lipinski definition) is 3. The van der Waals surface area contributed by atoms with Gasteiger partial charge in [-0.2, -0.15) is 0 Å². The summed E-state index contributed by atoms with van der Waals surface area (Å²) < 4.78 is 5.36. The predicted molar refractivity (Wildman–Crippen MR) is 75.5 cm³/mol. The van der Waals surface area contributed by atoms with E-state index in [1.54, 1.807) is 12.4 Å². The highest BCUT2D eigenvalue weighted by atomic mass is 16.3. The maximum absolute atomic E-state index is 12.1. The van der Waals surface area contributed by atoms with E-state index in [2.05, 4.69) is 15.3 Å². The van der Waals surface area contributed by atoms with E-state index < -0.39 is 0 Å². The molecular weight excluding hydrogens is 254 g/mol. The molecule has 0 aliphatic heterocycles. The largest absolute Gasteiger partial charge is 0.463 e. The predicted octanol–water partition coefficient (Wildman–Crippen LogP) is 2.52. The zero-order valence-electron chi connectivity index (χ0n) is 10.9. The Morgan fingerprint density at radius 1 is 1.35 bits per heavy atom. The second kappa shape index (κ2) is 5.61. The summed E-state index contributed by atoms with van der Waals surface area (Å²) in [5, 5.41) is 3.74. The molecule has 1 amide bonds. The van der Waals surface area contributed by atoms with Crippen molar-refractivity contribution in [1.29, 1.82) is 0 Å². The molecule has 2 heterocycles. The van der Waals surface area contributed by atoms with Crippen LogP contribution in [0.5, 0.6) is 0 Å². The highest BCUT2D eigenvalue weighted by molar-refractivity contribution is 6.05. The molecule has 0 fully saturated rings. The number of aromatic nitrogens is 2. The third-order valence-electron chi connectivity index (χ3n) is 3.16. The van der Waals surface area contributed by atoms with Gasteiger partial charge in [-0.15, -0.1) is 0 Å². The summed E-state index contributed by atoms with van der Waals surface area (Å²) >= 11 is 0. The number of para-hydroxylation sites is 1. The molecule has 20 heavy (non-hydrogen) atoms. The summed E-state index contributed by atoms with van der Waals surface area (Å²) in [4.78, 5) is 19.3. The van der Waals surface area contributed by atoms with Crippen LogP contribution in [-0.2, 0) is 6.42 Å². The van der Waals surface area contributed by atoms with E-state index in [0.717, 1.165) is 29.6 Å². The molecule has 5 heteroatoms. The van der Waals surface area contributed by atoms with Crippen LogP contribution in [0, 0.1) is 0 Å². The fraction of sp³-hybridized carbons (Fsp3) is 0.200. The second-order valence-corrected chi connectivity index (χ2v) is 4.54. The first-order valence-corrected chi connectivity index (χ1v) is 6.57. The first kappa shape index (κ1) is 12.5. The van der Waals surface area contributed by atoms with Gasteiger partial charge in [0.2, 0.25) is 0 Å². The number of aryl methyl sites for hydroxylation is 1. The van der Waals surface area contributed by atoms with Crippen LogP contribution < -0.4 is 5.32 Å². The number of hydrogen-bond donors (Lipinski definition) is 2. The number of nitrogens with zero attached hydrogens (tertiary/aromatic N) is 1. The lowest BCUT2D eigenvalue weighted by atomic mass is 10.1. The van der Waals surface area contributed by atoms with Gasteiger partial charge in [0.1, 0.15) is 17.7 Å². The van der Waals surface area contributed by atoms with Crippen LogP contribution in [0.3, 0.4) is 0 Å². The van der Waals surface area contributed by atoms with Gasteiger partial charge in [-0.25, -0.2) is 4.98 Å². The van der Waals surface area contributed by atoms with Crippen LogP contribution in [0.1, 0.15) is 22.6 Å². The SMILES string of the molecule is O=C(NCCCc1ncc[nH]1)c1coc2ccccc12. The van der Waals surface area contributed by atoms with Gasteiger partial charge in [-0.1, -0.05) is 18.2 Å². The number of H-pyrrole nitrogens is 1. The fourth-order valence-corrected chi connectivity index (χ4v) is 2.14. The molecule has 5 nitrogen and oxygen atoms in total. The number of amides is 1. The van der Waals surface area contributed by atoms with E-state index in [-0.39, 0.29) is 5.91 Å². The molecule has 3 rings (SSSR count). The summed E-state index contributed by atoms with van der Waals surface area (Å²) in [6, 6.07) is 7.52. The van der Waals surface area contributed by atoms with E-state index in [1.165, 1.54) is 6.26 Å². The maximum atomic E-state index is 12.1. The highest BCUT2D eigenvalue weighted by Gasteiger charge is 2.12. The Kier molecular flexibility index (Phi) is 3.50. The Bertz CT molecular complexity index is 701. The number of aromatic amines is 1. The number of fused-ring (bicyclic) bond motifs is 1. The van der Waals surface area contributed by atoms with Gasteiger partial charge in [-0.3, -0.25) is 4.79 Å². The van der Waals surface area contributed by atoms with E-state index in [4.69, 9.17) is 4.42 Å². The van der Waals surface area contributed by atoms with Gasteiger partial charge in [-0.05, 0) is 12.5 Å². The molecule has 0 radical (unpaired) electrons. The number of rotatable bonds is 5. The number of furan rings is 1. The van der Waals surface area contributed by atoms with Crippen LogP contribution >= 0.6 is 0 Å². The summed E-state index contributed by atoms with van der Waals surface area (Å²) in [6.07, 6.45) is 6.69. The topological polar surface area (TPSA) is 70.9 Å². The Hall–Kier alpha value is -2.56. The third kappa shape index (κ3) is 2.56. The summed E-state index contributed by atoms with van der Waals surface area (Å²) in [6.45, 7) is 0.610. The molecule has 1 aromatic carbocycles. The van der Waals surface area contributed by atoms with Crippen molar-refractivity contribution in [3.05, 3.63) is 54.3 Å². The van der Waals surface area contributed by atoms with Crippen LogP contribution in [-0.4, -0.2) is 22.4 Å². The molecule has 102 valence electrons. The molecule has 2 N–H and O–H groups in total. The van der Waals surface area contributed by atoms with Gasteiger partial charge in [0.15, 0.2) is 0 Å². The van der Waals surface area contributed by atoms with Gasteiger partial charge < -0.3 is 14.7 Å². The summed E-state index contributed by atoms with van der Waals surface area (Å²) in [5.74, 6) is 0.836. The van der Waals surface area contributed by atoms with Crippen molar-refractivity contribution in [2.24, 2.45) is 0 Å². The van der Waals surface area contributed by atoms with Gasteiger partial charge in [0.05, 0.1) is 5.56 Å². The molecule has 0 saturated carbocycles. The van der Waals surface area contributed by atoms with Gasteiger partial charge >= 0.3 is 0 Å². The average molecular weight is 269 g/mol. The third-order valence-corrected chi connectivity index (χ3v) is 3.16. The van der Waals surface area contributed by atoms with Gasteiger partial charge in [0.25, 0.3) is 5.91 Å². The van der Waals surface area contributed by atoms with Crippen molar-refractivity contribution < 1.29 is 9.21 Å². The molecule has 0 unspecified atom stereocenters. The van der Waals surface area contributed by atoms with E-state index in [9.17, 15) is 4.79 Å². The number of imidazole rings is 1. The van der Waals surface area contributed by atoms with Crippen LogP contribution in [0.15, 0.2) is 47.3 Å². The van der Waals surface area contributed by atoms with Gasteiger partial charge in [0, 0.05) is 30.7 Å². The molecule has 0 aliphatic rings. The Morgan fingerprint density at radius 3 is 3.10 bits per heavy atom.